The van der Waals surface area contributed by atoms with Crippen LogP contribution in [0.1, 0.15) is 89.2 Å². The van der Waals surface area contributed by atoms with Crippen molar-refractivity contribution in [2.24, 2.45) is 11.7 Å². The Kier molecular flexibility index (Phi) is 14.4. The molecule has 246 valence electrons. The van der Waals surface area contributed by atoms with Crippen molar-refractivity contribution >= 4 is 23.6 Å². The van der Waals surface area contributed by atoms with E-state index in [4.69, 9.17) is 5.73 Å². The van der Waals surface area contributed by atoms with Crippen LogP contribution in [-0.4, -0.2) is 65.8 Å². The lowest BCUT2D eigenvalue weighted by atomic mass is 9.93. The molecule has 0 aliphatic carbocycles. The van der Waals surface area contributed by atoms with Gasteiger partial charge in [-0.15, -0.1) is 0 Å². The largest absolute Gasteiger partial charge is 0.366 e. The van der Waals surface area contributed by atoms with E-state index in [2.05, 4.69) is 17.7 Å². The van der Waals surface area contributed by atoms with Crippen LogP contribution in [0.4, 0.5) is 0 Å². The molecule has 4 N–H and O–H groups in total. The third kappa shape index (κ3) is 11.1. The number of primary amides is 1. The van der Waals surface area contributed by atoms with Crippen LogP contribution >= 0.6 is 0 Å². The Bertz CT molecular complexity index is 1420. The lowest BCUT2D eigenvalue weighted by Crippen LogP contribution is -2.50. The molecule has 3 rings (SSSR count). The molecular formula is C37H49N5O4. The maximum atomic E-state index is 13.8. The molecule has 0 radical (unpaired) electrons. The molecule has 46 heavy (non-hydrogen) atoms. The quantitative estimate of drug-likeness (QED) is 0.171. The van der Waals surface area contributed by atoms with Crippen LogP contribution in [0.5, 0.6) is 0 Å². The highest BCUT2D eigenvalue weighted by molar-refractivity contribution is 6.04. The number of hydrazine groups is 1. The van der Waals surface area contributed by atoms with E-state index < -0.39 is 11.8 Å². The first-order valence-corrected chi connectivity index (χ1v) is 16.3. The third-order valence-corrected chi connectivity index (χ3v) is 7.79. The summed E-state index contributed by atoms with van der Waals surface area (Å²) in [6.07, 6.45) is 3.22. The molecule has 0 bridgehead atoms. The smallest absolute Gasteiger partial charge is 0.253 e. The van der Waals surface area contributed by atoms with Gasteiger partial charge in [-0.1, -0.05) is 88.4 Å². The van der Waals surface area contributed by atoms with Crippen LogP contribution in [0.2, 0.25) is 0 Å². The van der Waals surface area contributed by atoms with E-state index in [0.717, 1.165) is 30.4 Å². The van der Waals surface area contributed by atoms with Crippen LogP contribution in [0.15, 0.2) is 78.9 Å². The summed E-state index contributed by atoms with van der Waals surface area (Å²) in [5, 5.41) is 5.10. The average Bonchev–Trinajstić information content (AvgIpc) is 3.04. The molecule has 0 saturated carbocycles. The van der Waals surface area contributed by atoms with Gasteiger partial charge in [0.1, 0.15) is 0 Å². The average molecular weight is 628 g/mol. The number of nitrogens with one attached hydrogen (secondary N) is 2. The van der Waals surface area contributed by atoms with Crippen LogP contribution in [0.25, 0.3) is 0 Å². The van der Waals surface area contributed by atoms with Crippen LogP contribution in [0.3, 0.4) is 0 Å². The van der Waals surface area contributed by atoms with Gasteiger partial charge < -0.3 is 16.0 Å². The molecule has 9 nitrogen and oxygen atoms in total. The minimum Gasteiger partial charge on any atom is -0.366 e. The van der Waals surface area contributed by atoms with E-state index in [1.54, 1.807) is 11.0 Å². The second-order valence-electron chi connectivity index (χ2n) is 11.8. The van der Waals surface area contributed by atoms with E-state index in [0.29, 0.717) is 32.6 Å². The first-order chi connectivity index (χ1) is 22.1. The van der Waals surface area contributed by atoms with Crippen molar-refractivity contribution in [2.75, 3.05) is 26.2 Å². The first-order valence-electron chi connectivity index (χ1n) is 16.3. The number of rotatable bonds is 18. The summed E-state index contributed by atoms with van der Waals surface area (Å²) in [6, 6.07) is 23.6. The molecular weight excluding hydrogens is 578 g/mol. The summed E-state index contributed by atoms with van der Waals surface area (Å²) in [4.78, 5) is 54.2. The van der Waals surface area contributed by atoms with Crippen LogP contribution in [0, 0.1) is 5.92 Å². The lowest BCUT2D eigenvalue weighted by Gasteiger charge is -2.31. The van der Waals surface area contributed by atoms with Gasteiger partial charge in [-0.3, -0.25) is 24.6 Å². The summed E-state index contributed by atoms with van der Waals surface area (Å²) in [5.74, 6) is -1.54. The van der Waals surface area contributed by atoms with Gasteiger partial charge in [0.15, 0.2) is 0 Å². The fourth-order valence-electron chi connectivity index (χ4n) is 5.51. The van der Waals surface area contributed by atoms with E-state index in [1.165, 1.54) is 12.1 Å². The van der Waals surface area contributed by atoms with E-state index >= 15 is 0 Å². The van der Waals surface area contributed by atoms with Crippen molar-refractivity contribution in [3.8, 4) is 0 Å². The zero-order valence-corrected chi connectivity index (χ0v) is 27.6. The van der Waals surface area contributed by atoms with Gasteiger partial charge >= 0.3 is 0 Å². The topological polar surface area (TPSA) is 125 Å². The number of carbonyl (C=O) groups excluding carboxylic acids is 4. The Morgan fingerprint density at radius 3 is 1.85 bits per heavy atom. The van der Waals surface area contributed by atoms with Gasteiger partial charge in [-0.05, 0) is 60.9 Å². The van der Waals surface area contributed by atoms with Crippen LogP contribution in [-0.2, 0) is 17.6 Å². The summed E-state index contributed by atoms with van der Waals surface area (Å²) in [6.45, 7) is 10.4. The standard InChI is InChI=1S/C37H49N5O4/c1-5-18-41(19-6-2)37(46)32-24-30(35(38)44)23-31(25-32)36(45)39-33(21-28-14-10-8-11-15-28)27(4)26-42(20-7-3)40-34(43)22-29-16-12-9-13-17-29/h8-17,23-25,27,33H,5-7,18-22,26H2,1-4H3,(H2,38,44)(H,39,45)(H,40,43). The SMILES string of the molecule is CCCN(CC(C)C(Cc1ccccc1)NC(=O)c1cc(C(N)=O)cc(C(=O)N(CCC)CCC)c1)NC(=O)Cc1ccccc1. The van der Waals surface area contributed by atoms with Crippen molar-refractivity contribution in [1.29, 1.82) is 0 Å². The zero-order chi connectivity index (χ0) is 33.5. The molecule has 2 atom stereocenters. The number of amides is 4. The summed E-state index contributed by atoms with van der Waals surface area (Å²) >= 11 is 0. The zero-order valence-electron chi connectivity index (χ0n) is 27.6. The van der Waals surface area contributed by atoms with Crippen molar-refractivity contribution in [1.82, 2.24) is 20.7 Å². The number of hydrogen-bond acceptors (Lipinski definition) is 5. The van der Waals surface area contributed by atoms with Crippen molar-refractivity contribution in [3.05, 3.63) is 107 Å². The number of nitrogens with two attached hydrogens (primary N) is 1. The normalized spacial score (nSPS) is 12.3. The third-order valence-electron chi connectivity index (χ3n) is 7.79. The Balaban J connectivity index is 1.86. The Morgan fingerprint density at radius 1 is 0.739 bits per heavy atom. The monoisotopic (exact) mass is 627 g/mol. The van der Waals surface area contributed by atoms with Gasteiger partial charge in [0.05, 0.1) is 6.42 Å². The van der Waals surface area contributed by atoms with Crippen molar-refractivity contribution < 1.29 is 19.2 Å². The highest BCUT2D eigenvalue weighted by Gasteiger charge is 2.25. The molecule has 4 amide bonds. The number of nitrogens with zero attached hydrogens (tertiary/aromatic N) is 2. The van der Waals surface area contributed by atoms with Gasteiger partial charge in [-0.25, -0.2) is 5.01 Å². The predicted molar refractivity (Wildman–Crippen MR) is 182 cm³/mol. The Morgan fingerprint density at radius 2 is 1.28 bits per heavy atom. The Labute approximate surface area is 273 Å². The molecule has 0 fully saturated rings. The molecule has 2 unspecified atom stereocenters. The molecule has 0 spiro atoms. The van der Waals surface area contributed by atoms with E-state index in [9.17, 15) is 19.2 Å². The molecule has 0 aliphatic heterocycles. The maximum Gasteiger partial charge on any atom is 0.253 e. The molecule has 0 heterocycles. The molecule has 9 heteroatoms. The molecule has 0 aliphatic rings. The van der Waals surface area contributed by atoms with Gasteiger partial charge in [0.25, 0.3) is 11.8 Å². The summed E-state index contributed by atoms with van der Waals surface area (Å²) in [5.41, 5.74) is 11.2. The lowest BCUT2D eigenvalue weighted by molar-refractivity contribution is -0.125. The minimum atomic E-state index is -0.711. The second kappa shape index (κ2) is 18.5. The van der Waals surface area contributed by atoms with E-state index in [1.807, 2.05) is 86.4 Å². The van der Waals surface area contributed by atoms with Gasteiger partial charge in [-0.2, -0.15) is 0 Å². The summed E-state index contributed by atoms with van der Waals surface area (Å²) in [7, 11) is 0. The summed E-state index contributed by atoms with van der Waals surface area (Å²) < 4.78 is 0. The van der Waals surface area contributed by atoms with Crippen molar-refractivity contribution in [2.45, 2.75) is 65.8 Å². The second-order valence-corrected chi connectivity index (χ2v) is 11.8. The highest BCUT2D eigenvalue weighted by atomic mass is 16.2. The molecule has 0 aromatic heterocycles. The number of hydrogen-bond donors (Lipinski definition) is 3. The van der Waals surface area contributed by atoms with Crippen molar-refractivity contribution in [3.63, 3.8) is 0 Å². The maximum absolute atomic E-state index is 13.8. The number of carbonyl (C=O) groups is 4. The molecule has 0 saturated heterocycles. The van der Waals surface area contributed by atoms with Gasteiger partial charge in [0, 0.05) is 48.9 Å². The molecule has 3 aromatic rings. The predicted octanol–water partition coefficient (Wildman–Crippen LogP) is 5.01. The highest BCUT2D eigenvalue weighted by Crippen LogP contribution is 2.17. The fourth-order valence-corrected chi connectivity index (χ4v) is 5.51. The van der Waals surface area contributed by atoms with Crippen LogP contribution < -0.4 is 16.5 Å². The van der Waals surface area contributed by atoms with Gasteiger partial charge in [0.2, 0.25) is 11.8 Å². The fraction of sp³-hybridized carbons (Fsp3) is 0.405. The molecule has 3 aromatic carbocycles. The minimum absolute atomic E-state index is 0.0854. The van der Waals surface area contributed by atoms with E-state index in [-0.39, 0.29) is 46.9 Å². The Hall–Kier alpha value is -4.50. The number of benzene rings is 3. The first kappa shape index (κ1) is 36.0.